The van der Waals surface area contributed by atoms with Gasteiger partial charge in [-0.15, -0.1) is 0 Å². The molecule has 0 saturated heterocycles. The van der Waals surface area contributed by atoms with Gasteiger partial charge in [0.15, 0.2) is 11.5 Å². The zero-order valence-corrected chi connectivity index (χ0v) is 17.7. The zero-order valence-electron chi connectivity index (χ0n) is 17.7. The quantitative estimate of drug-likeness (QED) is 0.731. The van der Waals surface area contributed by atoms with Crippen LogP contribution in [-0.4, -0.2) is 42.7 Å². The van der Waals surface area contributed by atoms with Gasteiger partial charge in [-0.05, 0) is 30.5 Å². The van der Waals surface area contributed by atoms with Gasteiger partial charge in [0.2, 0.25) is 5.75 Å². The standard InChI is InChI=1S/C23H31N3O3/c1-27-20-11-16(12-21(28-2)22(20)29-3)14-26-10-9-19-18(15-26)13-24-23(25-19)17-7-5-4-6-8-17/h11-13,17H,4-10,14-15H2,1-3H3. The fraction of sp³-hybridized carbons (Fsp3) is 0.565. The van der Waals surface area contributed by atoms with Crippen molar-refractivity contribution in [3.8, 4) is 17.2 Å². The van der Waals surface area contributed by atoms with Crippen LogP contribution in [0.5, 0.6) is 17.2 Å². The Bertz CT molecular complexity index is 824. The van der Waals surface area contributed by atoms with Gasteiger partial charge in [-0.1, -0.05) is 19.3 Å². The molecule has 0 bridgehead atoms. The van der Waals surface area contributed by atoms with E-state index in [0.29, 0.717) is 23.2 Å². The predicted molar refractivity (Wildman–Crippen MR) is 112 cm³/mol. The van der Waals surface area contributed by atoms with Crippen LogP contribution in [0.4, 0.5) is 0 Å². The molecule has 2 aromatic rings. The van der Waals surface area contributed by atoms with E-state index in [-0.39, 0.29) is 0 Å². The van der Waals surface area contributed by atoms with E-state index in [1.807, 2.05) is 12.1 Å². The van der Waals surface area contributed by atoms with Gasteiger partial charge in [0, 0.05) is 49.4 Å². The van der Waals surface area contributed by atoms with Crippen molar-refractivity contribution in [2.75, 3.05) is 27.9 Å². The van der Waals surface area contributed by atoms with Gasteiger partial charge in [-0.25, -0.2) is 9.97 Å². The van der Waals surface area contributed by atoms with Gasteiger partial charge < -0.3 is 14.2 Å². The lowest BCUT2D eigenvalue weighted by atomic mass is 9.88. The minimum atomic E-state index is 0.561. The molecular formula is C23H31N3O3. The minimum absolute atomic E-state index is 0.561. The summed E-state index contributed by atoms with van der Waals surface area (Å²) in [6, 6.07) is 4.05. The fourth-order valence-electron chi connectivity index (χ4n) is 4.57. The van der Waals surface area contributed by atoms with Gasteiger partial charge >= 0.3 is 0 Å². The highest BCUT2D eigenvalue weighted by Gasteiger charge is 2.23. The highest BCUT2D eigenvalue weighted by atomic mass is 16.5. The lowest BCUT2D eigenvalue weighted by Gasteiger charge is -2.29. The molecule has 1 aromatic carbocycles. The third-order valence-corrected chi connectivity index (χ3v) is 6.13. The van der Waals surface area contributed by atoms with Gasteiger partial charge in [-0.3, -0.25) is 4.90 Å². The minimum Gasteiger partial charge on any atom is -0.493 e. The number of nitrogens with zero attached hydrogens (tertiary/aromatic N) is 3. The summed E-state index contributed by atoms with van der Waals surface area (Å²) in [4.78, 5) is 12.1. The van der Waals surface area contributed by atoms with E-state index < -0.39 is 0 Å². The molecule has 0 radical (unpaired) electrons. The monoisotopic (exact) mass is 397 g/mol. The molecular weight excluding hydrogens is 366 g/mol. The first-order valence-electron chi connectivity index (χ1n) is 10.6. The van der Waals surface area contributed by atoms with Crippen LogP contribution in [0.3, 0.4) is 0 Å². The fourth-order valence-corrected chi connectivity index (χ4v) is 4.57. The Hall–Kier alpha value is -2.34. The first-order chi connectivity index (χ1) is 14.2. The molecule has 2 heterocycles. The molecule has 2 aliphatic rings. The third kappa shape index (κ3) is 4.32. The number of benzene rings is 1. The van der Waals surface area contributed by atoms with Crippen molar-refractivity contribution in [1.82, 2.24) is 14.9 Å². The molecule has 1 aliphatic heterocycles. The van der Waals surface area contributed by atoms with Crippen molar-refractivity contribution in [1.29, 1.82) is 0 Å². The maximum absolute atomic E-state index is 5.49. The van der Waals surface area contributed by atoms with Crippen molar-refractivity contribution in [2.24, 2.45) is 0 Å². The highest BCUT2D eigenvalue weighted by Crippen LogP contribution is 2.38. The average molecular weight is 398 g/mol. The summed E-state index contributed by atoms with van der Waals surface area (Å²) in [6.07, 6.45) is 9.51. The van der Waals surface area contributed by atoms with Crippen molar-refractivity contribution in [2.45, 2.75) is 57.5 Å². The van der Waals surface area contributed by atoms with Crippen molar-refractivity contribution < 1.29 is 14.2 Å². The molecule has 1 saturated carbocycles. The Labute approximate surface area is 173 Å². The number of hydrogen-bond acceptors (Lipinski definition) is 6. The van der Waals surface area contributed by atoms with Gasteiger partial charge in [0.05, 0.1) is 21.3 Å². The molecule has 0 amide bonds. The number of hydrogen-bond donors (Lipinski definition) is 0. The van der Waals surface area contributed by atoms with Gasteiger partial charge in [0.1, 0.15) is 5.82 Å². The van der Waals surface area contributed by atoms with E-state index in [1.165, 1.54) is 43.4 Å². The number of fused-ring (bicyclic) bond motifs is 1. The normalized spacial score (nSPS) is 17.6. The van der Waals surface area contributed by atoms with E-state index in [2.05, 4.69) is 11.1 Å². The van der Waals surface area contributed by atoms with Crippen LogP contribution in [0.15, 0.2) is 18.3 Å². The van der Waals surface area contributed by atoms with E-state index in [9.17, 15) is 0 Å². The zero-order chi connectivity index (χ0) is 20.2. The lowest BCUT2D eigenvalue weighted by molar-refractivity contribution is 0.241. The van der Waals surface area contributed by atoms with Crippen LogP contribution in [0.25, 0.3) is 0 Å². The predicted octanol–water partition coefficient (Wildman–Crippen LogP) is 4.11. The molecule has 0 unspecified atom stereocenters. The van der Waals surface area contributed by atoms with Crippen molar-refractivity contribution in [3.63, 3.8) is 0 Å². The summed E-state index contributed by atoms with van der Waals surface area (Å²) >= 11 is 0. The summed E-state index contributed by atoms with van der Waals surface area (Å²) in [7, 11) is 4.93. The lowest BCUT2D eigenvalue weighted by Crippen LogP contribution is -2.31. The summed E-state index contributed by atoms with van der Waals surface area (Å²) in [5, 5.41) is 0. The van der Waals surface area contributed by atoms with Crippen LogP contribution < -0.4 is 14.2 Å². The molecule has 1 fully saturated rings. The van der Waals surface area contributed by atoms with Crippen LogP contribution in [0, 0.1) is 0 Å². The second-order valence-corrected chi connectivity index (χ2v) is 8.03. The Balaban J connectivity index is 1.48. The van der Waals surface area contributed by atoms with E-state index in [1.54, 1.807) is 21.3 Å². The SMILES string of the molecule is COc1cc(CN2CCc3nc(C4CCCCC4)ncc3C2)cc(OC)c1OC. The van der Waals surface area contributed by atoms with E-state index >= 15 is 0 Å². The molecule has 156 valence electrons. The summed E-state index contributed by atoms with van der Waals surface area (Å²) < 4.78 is 16.4. The Morgan fingerprint density at radius 1 is 1.00 bits per heavy atom. The number of methoxy groups -OCH3 is 3. The number of ether oxygens (including phenoxy) is 3. The summed E-state index contributed by atoms with van der Waals surface area (Å²) in [6.45, 7) is 2.68. The van der Waals surface area contributed by atoms with Gasteiger partial charge in [0.25, 0.3) is 0 Å². The molecule has 0 N–H and O–H groups in total. The van der Waals surface area contributed by atoms with Crippen LogP contribution >= 0.6 is 0 Å². The largest absolute Gasteiger partial charge is 0.493 e. The number of aromatic nitrogens is 2. The molecule has 6 nitrogen and oxygen atoms in total. The molecule has 1 aromatic heterocycles. The third-order valence-electron chi connectivity index (χ3n) is 6.13. The van der Waals surface area contributed by atoms with Gasteiger partial charge in [-0.2, -0.15) is 0 Å². The van der Waals surface area contributed by atoms with Crippen LogP contribution in [0.2, 0.25) is 0 Å². The first-order valence-corrected chi connectivity index (χ1v) is 10.6. The van der Waals surface area contributed by atoms with E-state index in [4.69, 9.17) is 24.2 Å². The average Bonchev–Trinajstić information content (AvgIpc) is 2.78. The Kier molecular flexibility index (Phi) is 6.19. The summed E-state index contributed by atoms with van der Waals surface area (Å²) in [5.74, 6) is 3.65. The maximum Gasteiger partial charge on any atom is 0.203 e. The topological polar surface area (TPSA) is 56.7 Å². The second-order valence-electron chi connectivity index (χ2n) is 8.03. The smallest absolute Gasteiger partial charge is 0.203 e. The summed E-state index contributed by atoms with van der Waals surface area (Å²) in [5.41, 5.74) is 3.63. The Morgan fingerprint density at radius 3 is 2.38 bits per heavy atom. The first kappa shape index (κ1) is 20.0. The van der Waals surface area contributed by atoms with E-state index in [0.717, 1.165) is 37.4 Å². The molecule has 1 aliphatic carbocycles. The highest BCUT2D eigenvalue weighted by molar-refractivity contribution is 5.53. The van der Waals surface area contributed by atoms with Crippen LogP contribution in [-0.2, 0) is 19.5 Å². The number of rotatable bonds is 6. The Morgan fingerprint density at radius 2 is 1.72 bits per heavy atom. The van der Waals surface area contributed by atoms with Crippen molar-refractivity contribution >= 4 is 0 Å². The molecule has 0 atom stereocenters. The van der Waals surface area contributed by atoms with Crippen LogP contribution in [0.1, 0.15) is 60.7 Å². The maximum atomic E-state index is 5.49. The molecule has 29 heavy (non-hydrogen) atoms. The molecule has 6 heteroatoms. The van der Waals surface area contributed by atoms with Crippen molar-refractivity contribution in [3.05, 3.63) is 41.0 Å². The molecule has 0 spiro atoms. The second kappa shape index (κ2) is 8.99. The molecule has 4 rings (SSSR count).